The maximum atomic E-state index is 12.6. The summed E-state index contributed by atoms with van der Waals surface area (Å²) in [5, 5.41) is 51.3. The summed E-state index contributed by atoms with van der Waals surface area (Å²) in [5.41, 5.74) is -4.01. The second kappa shape index (κ2) is 5.91. The van der Waals surface area contributed by atoms with Crippen molar-refractivity contribution in [1.29, 1.82) is 0 Å². The largest absolute Gasteiger partial charge is 0.510 e. The number of allylic oxidation sites excluding steroid dienone is 3. The highest BCUT2D eigenvalue weighted by Gasteiger charge is 2.49. The summed E-state index contributed by atoms with van der Waals surface area (Å²) in [6.07, 6.45) is 0.685. The minimum atomic E-state index is -2.16. The molecule has 8 heteroatoms. The monoisotopic (exact) mass is 362 g/mol. The molecule has 1 aromatic carbocycles. The third-order valence-corrected chi connectivity index (χ3v) is 4.59. The van der Waals surface area contributed by atoms with Crippen molar-refractivity contribution in [2.75, 3.05) is 0 Å². The van der Waals surface area contributed by atoms with Gasteiger partial charge in [0.1, 0.15) is 39.7 Å². The lowest BCUT2D eigenvalue weighted by Crippen LogP contribution is -2.39. The van der Waals surface area contributed by atoms with Crippen LogP contribution in [0, 0.1) is 6.92 Å². The zero-order chi connectivity index (χ0) is 20.1. The average Bonchev–Trinajstić information content (AvgIpc) is 2.50. The fraction of sp³-hybridized carbons (Fsp3) is 0.278. The molecule has 2 rings (SSSR count). The van der Waals surface area contributed by atoms with Gasteiger partial charge in [0, 0.05) is 11.6 Å². The third kappa shape index (κ3) is 2.33. The van der Waals surface area contributed by atoms with Crippen molar-refractivity contribution >= 4 is 17.3 Å². The van der Waals surface area contributed by atoms with Gasteiger partial charge in [0.2, 0.25) is 0 Å². The van der Waals surface area contributed by atoms with Crippen LogP contribution in [0.3, 0.4) is 0 Å². The van der Waals surface area contributed by atoms with Crippen LogP contribution in [0.4, 0.5) is 0 Å². The lowest BCUT2D eigenvalue weighted by atomic mass is 9.70. The number of carbonyl (C=O) groups excluding carboxylic acids is 3. The first-order valence-corrected chi connectivity index (χ1v) is 7.56. The fourth-order valence-electron chi connectivity index (χ4n) is 3.06. The first-order chi connectivity index (χ1) is 11.9. The van der Waals surface area contributed by atoms with Crippen LogP contribution in [0.15, 0.2) is 23.2 Å². The van der Waals surface area contributed by atoms with Crippen molar-refractivity contribution in [3.63, 3.8) is 0 Å². The number of aliphatic hydroxyl groups is 2. The molecule has 0 aliphatic heterocycles. The molecule has 0 amide bonds. The Balaban J connectivity index is 3.02. The second-order valence-electron chi connectivity index (χ2n) is 6.28. The van der Waals surface area contributed by atoms with Crippen molar-refractivity contribution in [3.05, 3.63) is 39.9 Å². The number of carbonyl (C=O) groups is 3. The molecule has 0 radical (unpaired) electrons. The van der Waals surface area contributed by atoms with Crippen molar-refractivity contribution in [2.24, 2.45) is 0 Å². The molecule has 1 atom stereocenters. The number of aromatic hydroxyl groups is 3. The lowest BCUT2D eigenvalue weighted by Gasteiger charge is -2.33. The normalized spacial score (nSPS) is 20.2. The van der Waals surface area contributed by atoms with Gasteiger partial charge in [-0.15, -0.1) is 0 Å². The van der Waals surface area contributed by atoms with Gasteiger partial charge >= 0.3 is 0 Å². The Morgan fingerprint density at radius 2 is 1.46 bits per heavy atom. The van der Waals surface area contributed by atoms with Crippen LogP contribution in [-0.2, 0) is 15.0 Å². The molecule has 0 saturated carbocycles. The van der Waals surface area contributed by atoms with E-state index >= 15 is 0 Å². The summed E-state index contributed by atoms with van der Waals surface area (Å²) in [6.45, 7) is 4.47. The summed E-state index contributed by atoms with van der Waals surface area (Å²) in [5.74, 6) is -6.39. The lowest BCUT2D eigenvalue weighted by molar-refractivity contribution is -0.119. The Kier molecular flexibility index (Phi) is 4.32. The smallest absolute Gasteiger partial charge is 0.177 e. The van der Waals surface area contributed by atoms with E-state index in [1.165, 1.54) is 6.92 Å². The molecule has 138 valence electrons. The van der Waals surface area contributed by atoms with E-state index in [9.17, 15) is 39.9 Å². The summed E-state index contributed by atoms with van der Waals surface area (Å²) in [4.78, 5) is 36.1. The molecule has 0 fully saturated rings. The molecule has 1 aliphatic carbocycles. The van der Waals surface area contributed by atoms with Gasteiger partial charge < -0.3 is 25.5 Å². The van der Waals surface area contributed by atoms with Crippen LogP contribution in [0.25, 0.3) is 0 Å². The molecule has 1 aromatic rings. The first kappa shape index (κ1) is 19.0. The molecule has 0 heterocycles. The van der Waals surface area contributed by atoms with Gasteiger partial charge in [0.25, 0.3) is 0 Å². The molecule has 5 N–H and O–H groups in total. The molecule has 1 aliphatic rings. The number of hydrogen-bond donors (Lipinski definition) is 5. The number of Topliss-reactive ketones (excluding diaryl/α,β-unsaturated/α-hetero) is 2. The molecular weight excluding hydrogens is 344 g/mol. The van der Waals surface area contributed by atoms with E-state index in [1.807, 2.05) is 0 Å². The van der Waals surface area contributed by atoms with Crippen LogP contribution in [-0.4, -0.2) is 42.9 Å². The van der Waals surface area contributed by atoms with E-state index in [4.69, 9.17) is 0 Å². The van der Waals surface area contributed by atoms with Crippen molar-refractivity contribution in [1.82, 2.24) is 0 Å². The quantitative estimate of drug-likeness (QED) is 0.512. The zero-order valence-electron chi connectivity index (χ0n) is 14.5. The Labute approximate surface area is 148 Å². The number of phenolic OH excluding ortho intramolecular Hbond substituents is 3. The SMILES string of the molecule is CC(=O)C1=C(O)C(C)(c2c(O)c(C)c(O)c(C(C)=O)c2O)C(=O)C=C1O. The fourth-order valence-corrected chi connectivity index (χ4v) is 3.06. The molecule has 0 saturated heterocycles. The second-order valence-corrected chi connectivity index (χ2v) is 6.28. The number of rotatable bonds is 3. The topological polar surface area (TPSA) is 152 Å². The Hall–Kier alpha value is -3.29. The van der Waals surface area contributed by atoms with E-state index < -0.39 is 68.2 Å². The van der Waals surface area contributed by atoms with Crippen LogP contribution in [0.5, 0.6) is 17.2 Å². The van der Waals surface area contributed by atoms with E-state index in [-0.39, 0.29) is 5.56 Å². The predicted molar refractivity (Wildman–Crippen MR) is 89.6 cm³/mol. The third-order valence-electron chi connectivity index (χ3n) is 4.59. The summed E-state index contributed by atoms with van der Waals surface area (Å²) >= 11 is 0. The van der Waals surface area contributed by atoms with Crippen molar-refractivity contribution in [2.45, 2.75) is 33.1 Å². The summed E-state index contributed by atoms with van der Waals surface area (Å²) in [6, 6.07) is 0. The molecule has 8 nitrogen and oxygen atoms in total. The molecule has 26 heavy (non-hydrogen) atoms. The maximum Gasteiger partial charge on any atom is 0.177 e. The maximum absolute atomic E-state index is 12.6. The number of phenols is 3. The summed E-state index contributed by atoms with van der Waals surface area (Å²) in [7, 11) is 0. The molecule has 0 bridgehead atoms. The van der Waals surface area contributed by atoms with E-state index in [1.54, 1.807) is 0 Å². The standard InChI is InChI=1S/C18H18O8/c1-6-14(23)12(8(3)20)16(25)13(15(6)24)18(4)10(22)5-9(21)11(7(2)19)17(18)26/h5,21,23-26H,1-4H3. The van der Waals surface area contributed by atoms with Crippen LogP contribution < -0.4 is 0 Å². The van der Waals surface area contributed by atoms with Crippen molar-refractivity contribution < 1.29 is 39.9 Å². The molecule has 0 aromatic heterocycles. The Morgan fingerprint density at radius 1 is 0.923 bits per heavy atom. The number of ketones is 3. The molecule has 0 spiro atoms. The summed E-state index contributed by atoms with van der Waals surface area (Å²) < 4.78 is 0. The van der Waals surface area contributed by atoms with Gasteiger partial charge in [-0.1, -0.05) is 0 Å². The Morgan fingerprint density at radius 3 is 1.92 bits per heavy atom. The van der Waals surface area contributed by atoms with E-state index in [2.05, 4.69) is 0 Å². The minimum absolute atomic E-state index is 0.201. The zero-order valence-corrected chi connectivity index (χ0v) is 14.5. The average molecular weight is 362 g/mol. The van der Waals surface area contributed by atoms with Crippen molar-refractivity contribution in [3.8, 4) is 17.2 Å². The van der Waals surface area contributed by atoms with Gasteiger partial charge in [-0.2, -0.15) is 0 Å². The minimum Gasteiger partial charge on any atom is -0.510 e. The predicted octanol–water partition coefficient (Wildman–Crippen LogP) is 2.00. The van der Waals surface area contributed by atoms with E-state index in [0.29, 0.717) is 6.08 Å². The number of hydrogen-bond acceptors (Lipinski definition) is 8. The van der Waals surface area contributed by atoms with Gasteiger partial charge in [-0.25, -0.2) is 0 Å². The van der Waals surface area contributed by atoms with Gasteiger partial charge in [-0.3, -0.25) is 14.4 Å². The number of benzene rings is 1. The highest BCUT2D eigenvalue weighted by Crippen LogP contribution is 2.51. The number of aliphatic hydroxyl groups excluding tert-OH is 2. The van der Waals surface area contributed by atoms with Gasteiger partial charge in [-0.05, 0) is 27.7 Å². The van der Waals surface area contributed by atoms with Crippen LogP contribution in [0.1, 0.15) is 42.3 Å². The highest BCUT2D eigenvalue weighted by molar-refractivity contribution is 6.11. The van der Waals surface area contributed by atoms with E-state index in [0.717, 1.165) is 20.8 Å². The van der Waals surface area contributed by atoms with Gasteiger partial charge in [0.05, 0.1) is 11.1 Å². The van der Waals surface area contributed by atoms with Crippen LogP contribution >= 0.6 is 0 Å². The van der Waals surface area contributed by atoms with Crippen LogP contribution in [0.2, 0.25) is 0 Å². The molecule has 1 unspecified atom stereocenters. The van der Waals surface area contributed by atoms with Gasteiger partial charge in [0.15, 0.2) is 17.3 Å². The highest BCUT2D eigenvalue weighted by atomic mass is 16.3. The molecular formula is C18H18O8. The first-order valence-electron chi connectivity index (χ1n) is 7.56. The Bertz CT molecular complexity index is 935.